The molecule has 660 valence electrons. The Kier molecular flexibility index (Phi) is 37.7. The van der Waals surface area contributed by atoms with Crippen molar-refractivity contribution in [2.45, 2.75) is 335 Å². The summed E-state index contributed by atoms with van der Waals surface area (Å²) in [7, 11) is -5.66. The molecule has 2 amide bonds. The molecule has 4 rings (SSSR count). The van der Waals surface area contributed by atoms with Crippen molar-refractivity contribution in [3.63, 3.8) is 0 Å². The summed E-state index contributed by atoms with van der Waals surface area (Å²) in [5.74, 6) is -3.64. The number of epoxide rings is 2. The Labute approximate surface area is 697 Å². The van der Waals surface area contributed by atoms with Gasteiger partial charge in [-0.05, 0) is 158 Å². The number of nitrogens with zero attached hydrogens (tertiary/aromatic N) is 2. The largest absolute Gasteiger partial charge is 0.497 e. The number of hydrogen-bond acceptors (Lipinski definition) is 20. The number of aliphatic hydroxyl groups excluding tert-OH is 2. The molecule has 14 atom stereocenters. The molecule has 114 heavy (non-hydrogen) atoms. The minimum atomic E-state index is -2.56. The summed E-state index contributed by atoms with van der Waals surface area (Å²) in [6.45, 7) is 75.0. The van der Waals surface area contributed by atoms with E-state index in [0.717, 1.165) is 32.8 Å². The normalized spacial score (nSPS) is 21.0. The highest BCUT2D eigenvalue weighted by atomic mass is 28.4. The second-order valence-electron chi connectivity index (χ2n) is 41.9. The Morgan fingerprint density at radius 1 is 0.404 bits per heavy atom. The van der Waals surface area contributed by atoms with Crippen molar-refractivity contribution < 1.29 is 94.0 Å². The zero-order valence-electron chi connectivity index (χ0n) is 78.8. The van der Waals surface area contributed by atoms with Crippen LogP contribution in [0.4, 0.5) is 0 Å². The smallest absolute Gasteiger partial charge is 0.248 e. The first kappa shape index (κ1) is 105. The molecule has 28 heteroatoms. The van der Waals surface area contributed by atoms with E-state index in [4.69, 9.17) is 64.7 Å². The molecule has 0 aromatic heterocycles. The second-order valence-corrected chi connectivity index (χ2v) is 70.7. The Morgan fingerprint density at radius 2 is 0.640 bits per heavy atom. The van der Waals surface area contributed by atoms with Crippen LogP contribution in [0.15, 0.2) is 48.5 Å². The van der Waals surface area contributed by atoms with Crippen LogP contribution in [0.2, 0.25) is 109 Å². The van der Waals surface area contributed by atoms with Crippen LogP contribution in [-0.4, -0.2) is 224 Å². The molecule has 2 aliphatic heterocycles. The number of carbonyl (C=O) groups is 4. The summed E-state index contributed by atoms with van der Waals surface area (Å²) in [4.78, 5) is 67.7. The van der Waals surface area contributed by atoms with Crippen LogP contribution in [0.3, 0.4) is 0 Å². The molecule has 0 aliphatic carbocycles. The molecule has 2 aromatic rings. The molecule has 0 unspecified atom stereocenters. The van der Waals surface area contributed by atoms with Crippen molar-refractivity contribution in [2.75, 3.05) is 82.2 Å². The van der Waals surface area contributed by atoms with E-state index in [1.165, 1.54) is 28.3 Å². The quantitative estimate of drug-likeness (QED) is 0.0355. The maximum absolute atomic E-state index is 15.5. The van der Waals surface area contributed by atoms with E-state index in [-0.39, 0.29) is 105 Å². The molecular formula is C86H162N2O20Si6. The molecule has 2 fully saturated rings. The van der Waals surface area contributed by atoms with E-state index in [2.05, 4.69) is 217 Å². The third-order valence-corrected chi connectivity index (χ3v) is 53.8. The molecular weight excluding hydrogens is 1550 g/mol. The summed E-state index contributed by atoms with van der Waals surface area (Å²) in [5.41, 5.74) is 0.346. The average molecular weight is 1710 g/mol. The van der Waals surface area contributed by atoms with Gasteiger partial charge in [0, 0.05) is 52.4 Å². The lowest BCUT2D eigenvalue weighted by molar-refractivity contribution is -0.172. The van der Waals surface area contributed by atoms with Gasteiger partial charge >= 0.3 is 0 Å². The summed E-state index contributed by atoms with van der Waals surface area (Å²) >= 11 is 0. The molecule has 22 nitrogen and oxygen atoms in total. The van der Waals surface area contributed by atoms with Crippen LogP contribution in [0, 0.1) is 35.5 Å². The number of rotatable bonds is 44. The van der Waals surface area contributed by atoms with Crippen molar-refractivity contribution in [1.82, 2.24) is 10.1 Å². The van der Waals surface area contributed by atoms with E-state index in [9.17, 15) is 19.8 Å². The number of Topliss-reactive ketones (excluding diaryl/α,β-unsaturated/α-hetero) is 2. The highest BCUT2D eigenvalue weighted by molar-refractivity contribution is 6.76. The Hall–Kier alpha value is -2.94. The average Bonchev–Trinajstić information content (AvgIpc) is 1.57. The maximum Gasteiger partial charge on any atom is 0.248 e. The van der Waals surface area contributed by atoms with Gasteiger partial charge in [-0.1, -0.05) is 163 Å². The van der Waals surface area contributed by atoms with Crippen molar-refractivity contribution >= 4 is 73.3 Å². The van der Waals surface area contributed by atoms with Crippen molar-refractivity contribution in [1.29, 1.82) is 0 Å². The summed E-state index contributed by atoms with van der Waals surface area (Å²) in [6.07, 6.45) is -5.29. The standard InChI is InChI=1S/2C43H81NO10Si3/c2*1-30(26-50-27-31-21-23-32(48-13)24-22-31)38-43(11,53-38)39(54-57(19,20)42(8,9)10)34(29-52-56(17,18)41(5,6)7)37(47)33(28-51-55(15,16)40(2,3)4)35(45)25-36(46)44(12)49-14/h2*21-24,30,33-35,38-39,45H,25-29H2,1-20H3/t30-,33-,34-,35+,38+,39-,43-;30-,33-,34-,35-,38+,39-,43-/m00/s1. The lowest BCUT2D eigenvalue weighted by atomic mass is 9.79. The lowest BCUT2D eigenvalue weighted by Crippen LogP contribution is -2.56. The van der Waals surface area contributed by atoms with Crippen LogP contribution < -0.4 is 9.47 Å². The summed E-state index contributed by atoms with van der Waals surface area (Å²) in [6, 6.07) is 15.6. The number of methoxy groups -OCH3 is 2. The number of hydroxylamine groups is 4. The first-order valence-corrected chi connectivity index (χ1v) is 58.7. The van der Waals surface area contributed by atoms with Crippen LogP contribution in [-0.2, 0) is 87.6 Å². The van der Waals surface area contributed by atoms with Crippen LogP contribution in [0.5, 0.6) is 11.5 Å². The first-order valence-electron chi connectivity index (χ1n) is 41.3. The molecule has 0 spiro atoms. The molecule has 0 bridgehead atoms. The highest BCUT2D eigenvalue weighted by Crippen LogP contribution is 2.54. The van der Waals surface area contributed by atoms with Crippen LogP contribution in [0.25, 0.3) is 0 Å². The van der Waals surface area contributed by atoms with Gasteiger partial charge in [0.2, 0.25) is 11.8 Å². The minimum Gasteiger partial charge on any atom is -0.497 e. The fourth-order valence-corrected chi connectivity index (χ4v) is 18.8. The van der Waals surface area contributed by atoms with Crippen molar-refractivity contribution in [3.8, 4) is 11.5 Å². The summed E-state index contributed by atoms with van der Waals surface area (Å²) in [5, 5.41) is 25.0. The van der Waals surface area contributed by atoms with Gasteiger partial charge < -0.3 is 65.2 Å². The highest BCUT2D eigenvalue weighted by Gasteiger charge is 2.67. The van der Waals surface area contributed by atoms with E-state index in [1.54, 1.807) is 14.2 Å². The number of ether oxygens (including phenoxy) is 6. The Morgan fingerprint density at radius 3 is 0.860 bits per heavy atom. The van der Waals surface area contributed by atoms with E-state index < -0.39 is 121 Å². The van der Waals surface area contributed by atoms with E-state index >= 15 is 9.59 Å². The number of amides is 2. The SMILES string of the molecule is COc1ccc(COC[C@H](C)[C@H]2O[C@]2(C)[C@@H](O[Si](C)(C)C(C)(C)C)[C@@H](CO[Si](C)(C)C(C)(C)C)C(=O)[C@@H](CO[Si](C)(C)C(C)(C)C)[C@@H](O)CC(=O)N(C)OC)cc1.COc1ccc(COC[C@H](C)[C@H]2O[C@]2(C)[C@@H](O[Si](C)(C)C(C)(C)C)[C@@H](CO[Si](C)(C)C(C)(C)C)C(=O)[C@@H](CO[Si](C)(C)C(C)(C)C)[C@H](O)CC(=O)N(C)OC)cc1. The molecule has 2 N–H and O–H groups in total. The molecule has 2 saturated heterocycles. The zero-order valence-corrected chi connectivity index (χ0v) is 84.8. The molecule has 2 aliphatic rings. The minimum absolute atomic E-state index is 0.0265. The van der Waals surface area contributed by atoms with Gasteiger partial charge in [0.15, 0.2) is 49.9 Å². The molecule has 2 heterocycles. The number of aliphatic hydroxyl groups is 2. The van der Waals surface area contributed by atoms with Gasteiger partial charge in [0.1, 0.15) is 34.3 Å². The Balaban J connectivity index is 0.000000590. The van der Waals surface area contributed by atoms with Gasteiger partial charge in [-0.2, -0.15) is 0 Å². The van der Waals surface area contributed by atoms with Gasteiger partial charge in [-0.3, -0.25) is 28.9 Å². The predicted molar refractivity (Wildman–Crippen MR) is 472 cm³/mol. The Bertz CT molecular complexity index is 3120. The number of benzene rings is 2. The number of carbonyl (C=O) groups excluding carboxylic acids is 4. The van der Waals surface area contributed by atoms with E-state index in [1.807, 2.05) is 62.4 Å². The van der Waals surface area contributed by atoms with E-state index in [0.29, 0.717) is 26.4 Å². The number of ketones is 2. The van der Waals surface area contributed by atoms with Crippen LogP contribution in [0.1, 0.15) is 176 Å². The van der Waals surface area contributed by atoms with Gasteiger partial charge in [0.05, 0.1) is 128 Å². The van der Waals surface area contributed by atoms with Crippen LogP contribution >= 0.6 is 0 Å². The zero-order chi connectivity index (χ0) is 88.3. The first-order chi connectivity index (χ1) is 51.5. The predicted octanol–water partition coefficient (Wildman–Crippen LogP) is 18.0. The second kappa shape index (κ2) is 40.8. The summed E-state index contributed by atoms with van der Waals surface area (Å²) < 4.78 is 78.4. The van der Waals surface area contributed by atoms with Gasteiger partial charge in [0.25, 0.3) is 0 Å². The fourth-order valence-electron chi connectivity index (χ4n) is 11.9. The van der Waals surface area contributed by atoms with Gasteiger partial charge in [-0.25, -0.2) is 10.1 Å². The molecule has 0 radical (unpaired) electrons. The third-order valence-electron chi connectivity index (χ3n) is 26.9. The third kappa shape index (κ3) is 28.6. The lowest BCUT2D eigenvalue weighted by Gasteiger charge is -2.45. The monoisotopic (exact) mass is 1710 g/mol. The molecule has 2 aromatic carbocycles. The maximum atomic E-state index is 15.5. The number of hydrogen-bond donors (Lipinski definition) is 2. The topological polar surface area (TPSA) is 251 Å². The van der Waals surface area contributed by atoms with Crippen molar-refractivity contribution in [2.24, 2.45) is 35.5 Å². The fraction of sp³-hybridized carbons (Fsp3) is 0.814. The van der Waals surface area contributed by atoms with Gasteiger partial charge in [-0.15, -0.1) is 0 Å². The van der Waals surface area contributed by atoms with Crippen molar-refractivity contribution in [3.05, 3.63) is 59.7 Å². The molecule has 0 saturated carbocycles.